The molecular formula is C14H10N2O2S. The summed E-state index contributed by atoms with van der Waals surface area (Å²) in [5.41, 5.74) is 2.54. The Hall–Kier alpha value is -2.27. The van der Waals surface area contributed by atoms with Crippen LogP contribution in [0.5, 0.6) is 0 Å². The average Bonchev–Trinajstić information content (AvgIpc) is 2.86. The van der Waals surface area contributed by atoms with Gasteiger partial charge in [0.2, 0.25) is 0 Å². The van der Waals surface area contributed by atoms with Crippen molar-refractivity contribution in [2.24, 2.45) is 0 Å². The third-order valence-electron chi connectivity index (χ3n) is 2.82. The van der Waals surface area contributed by atoms with Crippen LogP contribution in [0.4, 0.5) is 0 Å². The second-order valence-electron chi connectivity index (χ2n) is 4.13. The maximum absolute atomic E-state index is 10.8. The van der Waals surface area contributed by atoms with Crippen molar-refractivity contribution >= 4 is 27.5 Å². The Morgan fingerprint density at radius 2 is 2.16 bits per heavy atom. The molecule has 0 fully saturated rings. The monoisotopic (exact) mass is 270 g/mol. The van der Waals surface area contributed by atoms with Gasteiger partial charge >= 0.3 is 5.97 Å². The summed E-state index contributed by atoms with van der Waals surface area (Å²) < 4.78 is 0. The zero-order chi connectivity index (χ0) is 13.2. The summed E-state index contributed by atoms with van der Waals surface area (Å²) >= 11 is 1.57. The second kappa shape index (κ2) is 4.78. The summed E-state index contributed by atoms with van der Waals surface area (Å²) in [4.78, 5) is 20.2. The molecule has 4 nitrogen and oxygen atoms in total. The number of aliphatic carboxylic acids is 1. The van der Waals surface area contributed by atoms with Gasteiger partial charge in [0.25, 0.3) is 0 Å². The maximum Gasteiger partial charge on any atom is 0.307 e. The molecule has 0 aliphatic rings. The minimum absolute atomic E-state index is 0.0195. The molecule has 5 heteroatoms. The topological polar surface area (TPSA) is 63.1 Å². The fourth-order valence-electron chi connectivity index (χ4n) is 2.02. The van der Waals surface area contributed by atoms with E-state index in [-0.39, 0.29) is 6.42 Å². The van der Waals surface area contributed by atoms with Gasteiger partial charge in [-0.3, -0.25) is 4.79 Å². The lowest BCUT2D eigenvalue weighted by atomic mass is 10.0. The molecule has 0 saturated heterocycles. The van der Waals surface area contributed by atoms with Crippen molar-refractivity contribution in [3.8, 4) is 11.3 Å². The van der Waals surface area contributed by atoms with E-state index in [1.807, 2.05) is 35.7 Å². The summed E-state index contributed by atoms with van der Waals surface area (Å²) in [5.74, 6) is -0.833. The van der Waals surface area contributed by atoms with Gasteiger partial charge in [-0.25, -0.2) is 9.97 Å². The third-order valence-corrected chi connectivity index (χ3v) is 3.64. The van der Waals surface area contributed by atoms with E-state index >= 15 is 0 Å². The lowest BCUT2D eigenvalue weighted by Gasteiger charge is -2.04. The number of fused-ring (bicyclic) bond motifs is 1. The highest BCUT2D eigenvalue weighted by atomic mass is 32.1. The highest BCUT2D eigenvalue weighted by Gasteiger charge is 2.08. The van der Waals surface area contributed by atoms with Crippen molar-refractivity contribution < 1.29 is 9.90 Å². The van der Waals surface area contributed by atoms with E-state index in [0.29, 0.717) is 0 Å². The number of thiophene rings is 1. The lowest BCUT2D eigenvalue weighted by molar-refractivity contribution is -0.136. The molecule has 0 bridgehead atoms. The molecule has 0 atom stereocenters. The van der Waals surface area contributed by atoms with Gasteiger partial charge in [-0.1, -0.05) is 18.2 Å². The summed E-state index contributed by atoms with van der Waals surface area (Å²) in [7, 11) is 0. The number of carbonyl (C=O) groups is 1. The molecular weight excluding hydrogens is 260 g/mol. The molecule has 3 aromatic rings. The molecule has 2 heterocycles. The van der Waals surface area contributed by atoms with Gasteiger partial charge < -0.3 is 5.11 Å². The average molecular weight is 270 g/mol. The number of hydrogen-bond donors (Lipinski definition) is 1. The molecule has 3 rings (SSSR count). The predicted octanol–water partition coefficient (Wildman–Crippen LogP) is 2.99. The van der Waals surface area contributed by atoms with E-state index in [4.69, 9.17) is 5.11 Å². The summed E-state index contributed by atoms with van der Waals surface area (Å²) in [6, 6.07) is 9.45. The first-order valence-electron chi connectivity index (χ1n) is 5.73. The van der Waals surface area contributed by atoms with Crippen LogP contribution in [-0.4, -0.2) is 21.0 Å². The molecule has 19 heavy (non-hydrogen) atoms. The number of carboxylic acid groups (broad SMARTS) is 1. The minimum Gasteiger partial charge on any atom is -0.481 e. The Bertz CT molecular complexity index is 752. The van der Waals surface area contributed by atoms with Crippen LogP contribution in [0.1, 0.15) is 5.56 Å². The van der Waals surface area contributed by atoms with E-state index < -0.39 is 5.97 Å². The molecule has 0 saturated carbocycles. The standard InChI is InChI=1S/C14H10N2O2S/c17-12(18)7-9-2-1-3-10(6-9)13-11-4-5-19-14(11)16-8-15-13/h1-6,8H,7H2,(H,17,18). The van der Waals surface area contributed by atoms with Crippen LogP contribution in [0.15, 0.2) is 42.0 Å². The zero-order valence-electron chi connectivity index (χ0n) is 9.91. The normalized spacial score (nSPS) is 10.7. The predicted molar refractivity (Wildman–Crippen MR) is 74.2 cm³/mol. The van der Waals surface area contributed by atoms with Gasteiger partial charge in [0.1, 0.15) is 11.2 Å². The Kier molecular flexibility index (Phi) is 2.97. The van der Waals surface area contributed by atoms with Gasteiger partial charge in [-0.15, -0.1) is 11.3 Å². The van der Waals surface area contributed by atoms with Crippen molar-refractivity contribution in [3.05, 3.63) is 47.6 Å². The van der Waals surface area contributed by atoms with Crippen LogP contribution in [-0.2, 0) is 11.2 Å². The second-order valence-corrected chi connectivity index (χ2v) is 5.03. The number of carboxylic acids is 1. The number of aromatic nitrogens is 2. The van der Waals surface area contributed by atoms with E-state index in [2.05, 4.69) is 9.97 Å². The lowest BCUT2D eigenvalue weighted by Crippen LogP contribution is -2.00. The van der Waals surface area contributed by atoms with Crippen LogP contribution in [0.2, 0.25) is 0 Å². The Morgan fingerprint density at radius 1 is 1.26 bits per heavy atom. The zero-order valence-corrected chi connectivity index (χ0v) is 10.7. The minimum atomic E-state index is -0.833. The smallest absolute Gasteiger partial charge is 0.307 e. The molecule has 0 aliphatic heterocycles. The van der Waals surface area contributed by atoms with Gasteiger partial charge in [0.05, 0.1) is 12.1 Å². The first-order chi connectivity index (χ1) is 9.24. The molecule has 0 unspecified atom stereocenters. The van der Waals surface area contributed by atoms with Gasteiger partial charge in [-0.05, 0) is 23.1 Å². The summed E-state index contributed by atoms with van der Waals surface area (Å²) in [6.07, 6.45) is 1.56. The van der Waals surface area contributed by atoms with E-state index in [0.717, 1.165) is 27.0 Å². The molecule has 2 aromatic heterocycles. The quantitative estimate of drug-likeness (QED) is 0.794. The van der Waals surface area contributed by atoms with Crippen molar-refractivity contribution in [2.75, 3.05) is 0 Å². The molecule has 0 spiro atoms. The molecule has 0 radical (unpaired) electrons. The molecule has 1 aromatic carbocycles. The molecule has 1 N–H and O–H groups in total. The number of nitrogens with zero attached hydrogens (tertiary/aromatic N) is 2. The van der Waals surface area contributed by atoms with Gasteiger partial charge in [0, 0.05) is 10.9 Å². The maximum atomic E-state index is 10.8. The molecule has 0 amide bonds. The van der Waals surface area contributed by atoms with E-state index in [1.54, 1.807) is 11.3 Å². The van der Waals surface area contributed by atoms with Crippen LogP contribution >= 0.6 is 11.3 Å². The highest BCUT2D eigenvalue weighted by molar-refractivity contribution is 7.16. The van der Waals surface area contributed by atoms with E-state index in [1.165, 1.54) is 6.33 Å². The van der Waals surface area contributed by atoms with Crippen LogP contribution in [0, 0.1) is 0 Å². The largest absolute Gasteiger partial charge is 0.481 e. The first-order valence-corrected chi connectivity index (χ1v) is 6.61. The Balaban J connectivity index is 2.11. The highest BCUT2D eigenvalue weighted by Crippen LogP contribution is 2.28. The van der Waals surface area contributed by atoms with Gasteiger partial charge in [0.15, 0.2) is 0 Å². The number of rotatable bonds is 3. The van der Waals surface area contributed by atoms with E-state index in [9.17, 15) is 4.79 Å². The summed E-state index contributed by atoms with van der Waals surface area (Å²) in [6.45, 7) is 0. The fraction of sp³-hybridized carbons (Fsp3) is 0.0714. The van der Waals surface area contributed by atoms with Gasteiger partial charge in [-0.2, -0.15) is 0 Å². The van der Waals surface area contributed by atoms with Crippen molar-refractivity contribution in [1.29, 1.82) is 0 Å². The number of hydrogen-bond acceptors (Lipinski definition) is 4. The van der Waals surface area contributed by atoms with Crippen LogP contribution < -0.4 is 0 Å². The van der Waals surface area contributed by atoms with Crippen molar-refractivity contribution in [1.82, 2.24) is 9.97 Å². The summed E-state index contributed by atoms with van der Waals surface area (Å²) in [5, 5.41) is 11.8. The third kappa shape index (κ3) is 2.32. The molecule has 94 valence electrons. The SMILES string of the molecule is O=C(O)Cc1cccc(-c2ncnc3sccc23)c1. The Morgan fingerprint density at radius 3 is 3.00 bits per heavy atom. The molecule has 0 aliphatic carbocycles. The van der Waals surface area contributed by atoms with Crippen LogP contribution in [0.3, 0.4) is 0 Å². The fourth-order valence-corrected chi connectivity index (χ4v) is 2.76. The Labute approximate surface area is 113 Å². The van der Waals surface area contributed by atoms with Crippen molar-refractivity contribution in [3.63, 3.8) is 0 Å². The number of benzene rings is 1. The van der Waals surface area contributed by atoms with Crippen LogP contribution in [0.25, 0.3) is 21.5 Å². The first kappa shape index (κ1) is 11.8. The van der Waals surface area contributed by atoms with Crippen molar-refractivity contribution in [2.45, 2.75) is 6.42 Å².